The lowest BCUT2D eigenvalue weighted by Crippen LogP contribution is -2.35. The Morgan fingerprint density at radius 1 is 1.44 bits per heavy atom. The van der Waals surface area contributed by atoms with Gasteiger partial charge in [-0.25, -0.2) is 4.39 Å². The van der Waals surface area contributed by atoms with Gasteiger partial charge in [-0.2, -0.15) is 5.26 Å². The Bertz CT molecular complexity index is 511. The van der Waals surface area contributed by atoms with Gasteiger partial charge in [0, 0.05) is 11.8 Å². The lowest BCUT2D eigenvalue weighted by Gasteiger charge is -2.06. The highest BCUT2D eigenvalue weighted by molar-refractivity contribution is 6.39. The van der Waals surface area contributed by atoms with Crippen LogP contribution in [0.5, 0.6) is 5.75 Å². The quantitative estimate of drug-likeness (QED) is 0.601. The van der Waals surface area contributed by atoms with Crippen molar-refractivity contribution in [3.63, 3.8) is 0 Å². The normalized spacial score (nSPS) is 9.17. The minimum Gasteiger partial charge on any atom is -0.494 e. The fourth-order valence-electron chi connectivity index (χ4n) is 1.13. The Morgan fingerprint density at radius 2 is 2.17 bits per heavy atom. The standard InChI is InChI=1S/C11H10FN3O3/c1-18-9-3-2-7(6-8(9)12)15-11(17)10(16)14-5-4-13/h2-3,6H,5H2,1H3,(H,14,16)(H,15,17). The van der Waals surface area contributed by atoms with Crippen LogP contribution in [0.2, 0.25) is 0 Å². The summed E-state index contributed by atoms with van der Waals surface area (Å²) in [7, 11) is 1.31. The molecule has 0 heterocycles. The molecule has 7 heteroatoms. The number of hydrogen-bond donors (Lipinski definition) is 2. The first-order valence-corrected chi connectivity index (χ1v) is 4.88. The molecule has 0 aliphatic heterocycles. The van der Waals surface area contributed by atoms with Crippen molar-refractivity contribution in [2.24, 2.45) is 0 Å². The van der Waals surface area contributed by atoms with Crippen LogP contribution in [0.25, 0.3) is 0 Å². The molecule has 2 amide bonds. The summed E-state index contributed by atoms with van der Waals surface area (Å²) in [5.41, 5.74) is 0.116. The molecule has 2 N–H and O–H groups in total. The van der Waals surface area contributed by atoms with Gasteiger partial charge in [0.25, 0.3) is 0 Å². The fraction of sp³-hybridized carbons (Fsp3) is 0.182. The third-order valence-electron chi connectivity index (χ3n) is 1.94. The van der Waals surface area contributed by atoms with E-state index in [1.807, 2.05) is 0 Å². The number of carbonyl (C=O) groups excluding carboxylic acids is 2. The number of amides is 2. The Morgan fingerprint density at radius 3 is 2.72 bits per heavy atom. The molecule has 0 aromatic heterocycles. The summed E-state index contributed by atoms with van der Waals surface area (Å²) in [6, 6.07) is 5.38. The number of carbonyl (C=O) groups is 2. The van der Waals surface area contributed by atoms with Crippen LogP contribution in [0.3, 0.4) is 0 Å². The maximum atomic E-state index is 13.3. The van der Waals surface area contributed by atoms with Crippen LogP contribution in [0.4, 0.5) is 10.1 Å². The Balaban J connectivity index is 2.68. The molecule has 6 nitrogen and oxygen atoms in total. The van der Waals surface area contributed by atoms with Gasteiger partial charge in [-0.1, -0.05) is 0 Å². The van der Waals surface area contributed by atoms with E-state index in [9.17, 15) is 14.0 Å². The second-order valence-electron chi connectivity index (χ2n) is 3.14. The SMILES string of the molecule is COc1ccc(NC(=O)C(=O)NCC#N)cc1F. The molecule has 1 aromatic rings. The molecule has 0 atom stereocenters. The first-order chi connectivity index (χ1) is 8.58. The summed E-state index contributed by atoms with van der Waals surface area (Å²) in [6.45, 7) is -0.275. The third-order valence-corrected chi connectivity index (χ3v) is 1.94. The van der Waals surface area contributed by atoms with Gasteiger partial charge in [-0.3, -0.25) is 9.59 Å². The third kappa shape index (κ3) is 3.45. The molecule has 1 aromatic carbocycles. The van der Waals surface area contributed by atoms with Crippen molar-refractivity contribution in [2.75, 3.05) is 19.0 Å². The fourth-order valence-corrected chi connectivity index (χ4v) is 1.13. The van der Waals surface area contributed by atoms with E-state index < -0.39 is 17.6 Å². The largest absolute Gasteiger partial charge is 0.494 e. The van der Waals surface area contributed by atoms with Crippen LogP contribution < -0.4 is 15.4 Å². The molecule has 94 valence electrons. The van der Waals surface area contributed by atoms with E-state index in [1.54, 1.807) is 6.07 Å². The van der Waals surface area contributed by atoms with E-state index in [0.29, 0.717) is 0 Å². The Kier molecular flexibility index (Phi) is 4.63. The second-order valence-corrected chi connectivity index (χ2v) is 3.14. The predicted molar refractivity (Wildman–Crippen MR) is 60.2 cm³/mol. The van der Waals surface area contributed by atoms with Gasteiger partial charge in [-0.15, -0.1) is 0 Å². The highest BCUT2D eigenvalue weighted by Gasteiger charge is 2.13. The summed E-state index contributed by atoms with van der Waals surface area (Å²) in [6.07, 6.45) is 0. The number of nitrogens with zero attached hydrogens (tertiary/aromatic N) is 1. The number of hydrogen-bond acceptors (Lipinski definition) is 4. The average Bonchev–Trinajstić information content (AvgIpc) is 2.36. The van der Waals surface area contributed by atoms with Gasteiger partial charge in [0.05, 0.1) is 13.2 Å². The summed E-state index contributed by atoms with van der Waals surface area (Å²) in [5.74, 6) is -2.57. The molecule has 18 heavy (non-hydrogen) atoms. The number of rotatable bonds is 3. The van der Waals surface area contributed by atoms with E-state index in [0.717, 1.165) is 6.07 Å². The number of benzene rings is 1. The molecular weight excluding hydrogens is 241 g/mol. The number of methoxy groups -OCH3 is 1. The zero-order valence-corrected chi connectivity index (χ0v) is 9.49. The van der Waals surface area contributed by atoms with Crippen LogP contribution in [0, 0.1) is 17.1 Å². The second kappa shape index (κ2) is 6.20. The maximum Gasteiger partial charge on any atom is 0.313 e. The summed E-state index contributed by atoms with van der Waals surface area (Å²) in [4.78, 5) is 22.4. The van der Waals surface area contributed by atoms with E-state index in [2.05, 4.69) is 10.6 Å². The lowest BCUT2D eigenvalue weighted by atomic mass is 10.3. The van der Waals surface area contributed by atoms with Crippen LogP contribution >= 0.6 is 0 Å². The average molecular weight is 251 g/mol. The van der Waals surface area contributed by atoms with Crippen molar-refractivity contribution in [1.29, 1.82) is 5.26 Å². The number of nitrogens with one attached hydrogen (secondary N) is 2. The van der Waals surface area contributed by atoms with Crippen molar-refractivity contribution in [1.82, 2.24) is 5.32 Å². The zero-order chi connectivity index (χ0) is 13.5. The molecule has 0 radical (unpaired) electrons. The summed E-state index contributed by atoms with van der Waals surface area (Å²) in [5, 5.41) is 12.5. The first-order valence-electron chi connectivity index (χ1n) is 4.88. The van der Waals surface area contributed by atoms with E-state index in [4.69, 9.17) is 10.00 Å². The van der Waals surface area contributed by atoms with Crippen molar-refractivity contribution < 1.29 is 18.7 Å². The van der Waals surface area contributed by atoms with Gasteiger partial charge in [-0.05, 0) is 12.1 Å². The van der Waals surface area contributed by atoms with Crippen LogP contribution in [-0.2, 0) is 9.59 Å². The summed E-state index contributed by atoms with van der Waals surface area (Å²) >= 11 is 0. The van der Waals surface area contributed by atoms with E-state index in [1.165, 1.54) is 19.2 Å². The molecule has 0 aliphatic rings. The molecule has 0 fully saturated rings. The molecule has 0 saturated heterocycles. The molecule has 0 unspecified atom stereocenters. The molecule has 0 aliphatic carbocycles. The number of nitriles is 1. The van der Waals surface area contributed by atoms with E-state index >= 15 is 0 Å². The van der Waals surface area contributed by atoms with Crippen molar-refractivity contribution in [3.05, 3.63) is 24.0 Å². The van der Waals surface area contributed by atoms with Gasteiger partial charge >= 0.3 is 11.8 Å². The molecule has 1 rings (SSSR count). The smallest absolute Gasteiger partial charge is 0.313 e. The van der Waals surface area contributed by atoms with Gasteiger partial charge in [0.15, 0.2) is 11.6 Å². The monoisotopic (exact) mass is 251 g/mol. The summed E-state index contributed by atoms with van der Waals surface area (Å²) < 4.78 is 18.0. The lowest BCUT2D eigenvalue weighted by molar-refractivity contribution is -0.136. The molecule has 0 bridgehead atoms. The zero-order valence-electron chi connectivity index (χ0n) is 9.49. The molecule has 0 spiro atoms. The highest BCUT2D eigenvalue weighted by atomic mass is 19.1. The number of anilines is 1. The maximum absolute atomic E-state index is 13.3. The van der Waals surface area contributed by atoms with Crippen LogP contribution in [0.15, 0.2) is 18.2 Å². The predicted octanol–water partition coefficient (Wildman–Crippen LogP) is 0.413. The minimum absolute atomic E-state index is 0.0296. The number of ether oxygens (including phenoxy) is 1. The van der Waals surface area contributed by atoms with Crippen molar-refractivity contribution >= 4 is 17.5 Å². The van der Waals surface area contributed by atoms with Gasteiger partial charge in [0.1, 0.15) is 6.54 Å². The highest BCUT2D eigenvalue weighted by Crippen LogP contribution is 2.20. The molecule has 0 saturated carbocycles. The van der Waals surface area contributed by atoms with Crippen molar-refractivity contribution in [2.45, 2.75) is 0 Å². The Hall–Kier alpha value is -2.62. The van der Waals surface area contributed by atoms with E-state index in [-0.39, 0.29) is 18.0 Å². The van der Waals surface area contributed by atoms with Crippen LogP contribution in [-0.4, -0.2) is 25.5 Å². The van der Waals surface area contributed by atoms with Gasteiger partial charge < -0.3 is 15.4 Å². The Labute approximate surface area is 102 Å². The van der Waals surface area contributed by atoms with Gasteiger partial charge in [0.2, 0.25) is 0 Å². The van der Waals surface area contributed by atoms with Crippen molar-refractivity contribution in [3.8, 4) is 11.8 Å². The first kappa shape index (κ1) is 13.4. The van der Waals surface area contributed by atoms with Crippen LogP contribution in [0.1, 0.15) is 0 Å². The topological polar surface area (TPSA) is 91.2 Å². The molecular formula is C11H10FN3O3. The number of halogens is 1. The minimum atomic E-state index is -0.977.